The van der Waals surface area contributed by atoms with Gasteiger partial charge in [-0.15, -0.1) is 16.4 Å². The Balaban J connectivity index is 1.73. The second-order valence-corrected chi connectivity index (χ2v) is 10.5. The number of nitrogens with one attached hydrogen (secondary N) is 1. The van der Waals surface area contributed by atoms with E-state index < -0.39 is 11.6 Å². The summed E-state index contributed by atoms with van der Waals surface area (Å²) in [7, 11) is 0. The Morgan fingerprint density at radius 1 is 1.08 bits per heavy atom. The van der Waals surface area contributed by atoms with Gasteiger partial charge in [0, 0.05) is 10.4 Å². The van der Waals surface area contributed by atoms with Crippen LogP contribution in [0.4, 0.5) is 0 Å². The van der Waals surface area contributed by atoms with E-state index in [1.165, 1.54) is 0 Å². The van der Waals surface area contributed by atoms with Crippen molar-refractivity contribution in [3.8, 4) is 5.75 Å². The van der Waals surface area contributed by atoms with Gasteiger partial charge in [-0.2, -0.15) is 0 Å². The highest BCUT2D eigenvalue weighted by Crippen LogP contribution is 2.28. The maximum atomic E-state index is 13.9. The summed E-state index contributed by atoms with van der Waals surface area (Å²) in [6.45, 7) is 8.49. The topological polar surface area (TPSA) is 89.4 Å². The summed E-state index contributed by atoms with van der Waals surface area (Å²) >= 11 is 1.55. The monoisotopic (exact) mass is 505 g/mol. The maximum absolute atomic E-state index is 13.9. The molecule has 2 aromatic carbocycles. The fraction of sp³-hybridized carbons (Fsp3) is 0.333. The molecule has 2 amide bonds. The Hall–Kier alpha value is -3.72. The van der Waals surface area contributed by atoms with Gasteiger partial charge in [-0.05, 0) is 69.0 Å². The number of rotatable bonds is 9. The predicted molar refractivity (Wildman–Crippen MR) is 141 cm³/mol. The third-order valence-electron chi connectivity index (χ3n) is 5.50. The van der Waals surface area contributed by atoms with Gasteiger partial charge in [0.05, 0.1) is 18.7 Å². The average Bonchev–Trinajstić information content (AvgIpc) is 3.49. The zero-order valence-corrected chi connectivity index (χ0v) is 21.8. The molecule has 0 fully saturated rings. The van der Waals surface area contributed by atoms with E-state index in [1.807, 2.05) is 93.7 Å². The van der Waals surface area contributed by atoms with E-state index in [4.69, 9.17) is 4.74 Å². The molecule has 36 heavy (non-hydrogen) atoms. The van der Waals surface area contributed by atoms with Gasteiger partial charge in [0.2, 0.25) is 11.8 Å². The van der Waals surface area contributed by atoms with Crippen molar-refractivity contribution in [3.05, 3.63) is 76.5 Å². The van der Waals surface area contributed by atoms with E-state index in [1.54, 1.807) is 20.9 Å². The minimum Gasteiger partial charge on any atom is -0.494 e. The van der Waals surface area contributed by atoms with Crippen LogP contribution in [0.5, 0.6) is 5.75 Å². The van der Waals surface area contributed by atoms with E-state index in [2.05, 4.69) is 15.6 Å². The summed E-state index contributed by atoms with van der Waals surface area (Å²) in [5.41, 5.74) is 1.70. The first kappa shape index (κ1) is 25.4. The van der Waals surface area contributed by atoms with Crippen molar-refractivity contribution in [2.45, 2.75) is 52.4 Å². The number of hydrogen-bond acceptors (Lipinski definition) is 6. The summed E-state index contributed by atoms with van der Waals surface area (Å²) in [6.07, 6.45) is 0. The molecular formula is C27H31N5O3S. The van der Waals surface area contributed by atoms with Gasteiger partial charge in [0.1, 0.15) is 23.9 Å². The van der Waals surface area contributed by atoms with Crippen LogP contribution in [-0.4, -0.2) is 43.9 Å². The van der Waals surface area contributed by atoms with Crippen molar-refractivity contribution in [2.24, 2.45) is 0 Å². The van der Waals surface area contributed by atoms with Gasteiger partial charge >= 0.3 is 0 Å². The van der Waals surface area contributed by atoms with Crippen LogP contribution in [0.3, 0.4) is 0 Å². The van der Waals surface area contributed by atoms with Gasteiger partial charge < -0.3 is 15.0 Å². The zero-order chi connectivity index (χ0) is 25.7. The number of thiophene rings is 1. The van der Waals surface area contributed by atoms with Crippen molar-refractivity contribution < 1.29 is 14.3 Å². The third-order valence-corrected chi connectivity index (χ3v) is 6.36. The largest absolute Gasteiger partial charge is 0.494 e. The van der Waals surface area contributed by atoms with E-state index >= 15 is 0 Å². The van der Waals surface area contributed by atoms with Crippen LogP contribution < -0.4 is 10.1 Å². The smallest absolute Gasteiger partial charge is 0.247 e. The Labute approximate surface area is 214 Å². The Morgan fingerprint density at radius 3 is 2.50 bits per heavy atom. The quantitative estimate of drug-likeness (QED) is 0.360. The van der Waals surface area contributed by atoms with Crippen LogP contribution in [0.2, 0.25) is 0 Å². The maximum Gasteiger partial charge on any atom is 0.247 e. The first-order chi connectivity index (χ1) is 17.2. The number of carbonyl (C=O) groups excluding carboxylic acids is 2. The second kappa shape index (κ2) is 10.9. The number of fused-ring (bicyclic) bond motifs is 1. The number of carbonyl (C=O) groups is 2. The summed E-state index contributed by atoms with van der Waals surface area (Å²) in [5.74, 6) is 0.225. The fourth-order valence-electron chi connectivity index (χ4n) is 3.97. The van der Waals surface area contributed by atoms with Crippen LogP contribution in [0.1, 0.15) is 44.2 Å². The third kappa shape index (κ3) is 6.09. The molecule has 0 unspecified atom stereocenters. The summed E-state index contributed by atoms with van der Waals surface area (Å²) in [5, 5.41) is 13.4. The SMILES string of the molecule is CCOc1ccc([C@H](C(=O)NC(C)(C)C)N(Cc2cccs2)C(=O)Cn2nnc3ccccc32)cc1. The molecule has 0 saturated heterocycles. The molecule has 0 aliphatic rings. The first-order valence-corrected chi connectivity index (χ1v) is 12.8. The van der Waals surface area contributed by atoms with Crippen molar-refractivity contribution in [1.29, 1.82) is 0 Å². The highest BCUT2D eigenvalue weighted by atomic mass is 32.1. The van der Waals surface area contributed by atoms with Gasteiger partial charge in [-0.25, -0.2) is 4.68 Å². The van der Waals surface area contributed by atoms with Crippen LogP contribution in [-0.2, 0) is 22.7 Å². The number of nitrogens with zero attached hydrogens (tertiary/aromatic N) is 4. The highest BCUT2D eigenvalue weighted by molar-refractivity contribution is 7.09. The molecule has 2 aromatic heterocycles. The lowest BCUT2D eigenvalue weighted by molar-refractivity contribution is -0.142. The van der Waals surface area contributed by atoms with Crippen molar-refractivity contribution >= 4 is 34.2 Å². The van der Waals surface area contributed by atoms with E-state index in [-0.39, 0.29) is 18.4 Å². The molecule has 4 aromatic rings. The predicted octanol–water partition coefficient (Wildman–Crippen LogP) is 4.58. The fourth-order valence-corrected chi connectivity index (χ4v) is 4.67. The van der Waals surface area contributed by atoms with Crippen LogP contribution in [0, 0.1) is 0 Å². The second-order valence-electron chi connectivity index (χ2n) is 9.48. The molecule has 4 rings (SSSR count). The minimum atomic E-state index is -0.843. The van der Waals surface area contributed by atoms with Gasteiger partial charge in [0.15, 0.2) is 0 Å². The summed E-state index contributed by atoms with van der Waals surface area (Å²) in [4.78, 5) is 30.2. The summed E-state index contributed by atoms with van der Waals surface area (Å²) < 4.78 is 7.17. The van der Waals surface area contributed by atoms with Gasteiger partial charge in [-0.3, -0.25) is 9.59 Å². The number of ether oxygens (including phenoxy) is 1. The van der Waals surface area contributed by atoms with Crippen molar-refractivity contribution in [3.63, 3.8) is 0 Å². The number of aromatic nitrogens is 3. The summed E-state index contributed by atoms with van der Waals surface area (Å²) in [6, 6.07) is 17.9. The molecule has 9 heteroatoms. The average molecular weight is 506 g/mol. The molecule has 1 atom stereocenters. The molecule has 0 bridgehead atoms. The number of hydrogen-bond donors (Lipinski definition) is 1. The lowest BCUT2D eigenvalue weighted by atomic mass is 10.0. The van der Waals surface area contributed by atoms with E-state index in [9.17, 15) is 9.59 Å². The lowest BCUT2D eigenvalue weighted by Crippen LogP contribution is -2.49. The van der Waals surface area contributed by atoms with Crippen molar-refractivity contribution in [1.82, 2.24) is 25.2 Å². The molecule has 0 aliphatic heterocycles. The Morgan fingerprint density at radius 2 is 1.83 bits per heavy atom. The minimum absolute atomic E-state index is 0.0395. The van der Waals surface area contributed by atoms with E-state index in [0.29, 0.717) is 30.0 Å². The normalized spacial score (nSPS) is 12.3. The molecule has 0 saturated carbocycles. The Bertz CT molecular complexity index is 1310. The highest BCUT2D eigenvalue weighted by Gasteiger charge is 2.34. The molecule has 0 aliphatic carbocycles. The lowest BCUT2D eigenvalue weighted by Gasteiger charge is -2.33. The molecule has 0 radical (unpaired) electrons. The molecule has 188 valence electrons. The van der Waals surface area contributed by atoms with Crippen molar-refractivity contribution in [2.75, 3.05) is 6.61 Å². The molecule has 1 N–H and O–H groups in total. The first-order valence-electron chi connectivity index (χ1n) is 11.9. The van der Waals surface area contributed by atoms with Crippen LogP contribution >= 0.6 is 11.3 Å². The van der Waals surface area contributed by atoms with Crippen LogP contribution in [0.25, 0.3) is 11.0 Å². The number of amides is 2. The number of para-hydroxylation sites is 1. The molecule has 0 spiro atoms. The molecule has 8 nitrogen and oxygen atoms in total. The molecule has 2 heterocycles. The zero-order valence-electron chi connectivity index (χ0n) is 21.0. The van der Waals surface area contributed by atoms with Gasteiger partial charge in [-0.1, -0.05) is 35.5 Å². The standard InChI is InChI=1S/C27H31N5O3S/c1-5-35-20-14-12-19(13-15-20)25(26(34)28-27(2,3)4)31(17-21-9-8-16-36-21)24(33)18-32-23-11-7-6-10-22(23)29-30-32/h6-16,25H,5,17-18H2,1-4H3,(H,28,34)/t25-/m1/s1. The van der Waals surface area contributed by atoms with Gasteiger partial charge in [0.25, 0.3) is 0 Å². The number of benzene rings is 2. The van der Waals surface area contributed by atoms with Crippen LogP contribution in [0.15, 0.2) is 66.0 Å². The van der Waals surface area contributed by atoms with E-state index in [0.717, 1.165) is 10.4 Å². The molecular weight excluding hydrogens is 474 g/mol. The Kier molecular flexibility index (Phi) is 7.69.